The molecule has 43 heavy (non-hydrogen) atoms. The van der Waals surface area contributed by atoms with Crippen molar-refractivity contribution in [3.05, 3.63) is 139 Å². The third-order valence-corrected chi connectivity index (χ3v) is 6.59. The van der Waals surface area contributed by atoms with Crippen molar-refractivity contribution in [2.24, 2.45) is 0 Å². The molecule has 218 valence electrons. The largest absolute Gasteiger partial charge is 0.490 e. The van der Waals surface area contributed by atoms with Gasteiger partial charge >= 0.3 is 5.97 Å². The normalized spacial score (nSPS) is 11.3. The molecule has 2 N–H and O–H groups in total. The minimum Gasteiger partial charge on any atom is -0.490 e. The number of hydrogen-bond acceptors (Lipinski definition) is 6. The van der Waals surface area contributed by atoms with Crippen molar-refractivity contribution >= 4 is 11.9 Å². The van der Waals surface area contributed by atoms with E-state index in [0.717, 1.165) is 22.6 Å². The topological polar surface area (TPSA) is 112 Å². The van der Waals surface area contributed by atoms with Crippen LogP contribution in [0.3, 0.4) is 0 Å². The van der Waals surface area contributed by atoms with E-state index in [0.29, 0.717) is 36.9 Å². The second-order valence-electron chi connectivity index (χ2n) is 9.67. The van der Waals surface area contributed by atoms with Gasteiger partial charge in [0.2, 0.25) is 0 Å². The van der Waals surface area contributed by atoms with Crippen LogP contribution in [0.1, 0.15) is 21.5 Å². The number of benzene rings is 4. The number of carboxylic acids is 1. The maximum absolute atomic E-state index is 12.8. The van der Waals surface area contributed by atoms with E-state index in [-0.39, 0.29) is 6.42 Å². The van der Waals surface area contributed by atoms with Crippen LogP contribution >= 0.6 is 0 Å². The van der Waals surface area contributed by atoms with Crippen molar-refractivity contribution in [3.8, 4) is 22.9 Å². The van der Waals surface area contributed by atoms with Gasteiger partial charge in [-0.1, -0.05) is 42.5 Å². The van der Waals surface area contributed by atoms with Gasteiger partial charge in [0.15, 0.2) is 0 Å². The van der Waals surface area contributed by atoms with E-state index in [1.165, 1.54) is 0 Å². The number of carbonyl (C=O) groups excluding carboxylic acids is 1. The van der Waals surface area contributed by atoms with E-state index in [4.69, 9.17) is 14.2 Å². The fraction of sp³-hybridized carbons (Fsp3) is 0.147. The van der Waals surface area contributed by atoms with Gasteiger partial charge in [0, 0.05) is 30.1 Å². The maximum atomic E-state index is 12.8. The van der Waals surface area contributed by atoms with Crippen LogP contribution in [0.5, 0.6) is 17.2 Å². The molecule has 0 radical (unpaired) electrons. The molecule has 0 saturated heterocycles. The summed E-state index contributed by atoms with van der Waals surface area (Å²) in [6.45, 7) is 1.09. The number of rotatable bonds is 14. The van der Waals surface area contributed by atoms with Crippen LogP contribution in [0.15, 0.2) is 122 Å². The lowest BCUT2D eigenvalue weighted by atomic mass is 10.1. The number of aliphatic carboxylic acids is 1. The Balaban J connectivity index is 1.06. The van der Waals surface area contributed by atoms with Crippen LogP contribution in [0, 0.1) is 0 Å². The minimum absolute atomic E-state index is 0.132. The molecule has 0 saturated carbocycles. The predicted molar refractivity (Wildman–Crippen MR) is 161 cm³/mol. The van der Waals surface area contributed by atoms with E-state index in [1.807, 2.05) is 65.4 Å². The van der Waals surface area contributed by atoms with Gasteiger partial charge in [-0.3, -0.25) is 4.79 Å². The van der Waals surface area contributed by atoms with Gasteiger partial charge in [-0.25, -0.2) is 9.78 Å². The van der Waals surface area contributed by atoms with Crippen molar-refractivity contribution < 1.29 is 28.9 Å². The lowest BCUT2D eigenvalue weighted by Gasteiger charge is -2.15. The van der Waals surface area contributed by atoms with E-state index in [9.17, 15) is 14.7 Å². The number of amides is 1. The molecule has 0 aliphatic rings. The molecule has 1 atom stereocenters. The number of imidazole rings is 1. The highest BCUT2D eigenvalue weighted by Crippen LogP contribution is 2.18. The molecule has 0 aliphatic carbocycles. The fourth-order valence-corrected chi connectivity index (χ4v) is 4.29. The highest BCUT2D eigenvalue weighted by Gasteiger charge is 2.21. The zero-order valence-electron chi connectivity index (χ0n) is 23.3. The molecule has 5 rings (SSSR count). The summed E-state index contributed by atoms with van der Waals surface area (Å²) in [5.74, 6) is 0.371. The predicted octanol–water partition coefficient (Wildman–Crippen LogP) is 5.33. The molecule has 1 aromatic heterocycles. The number of ether oxygens (including phenoxy) is 3. The van der Waals surface area contributed by atoms with E-state index < -0.39 is 17.9 Å². The lowest BCUT2D eigenvalue weighted by Crippen LogP contribution is -2.42. The Hall–Kier alpha value is -5.57. The Morgan fingerprint density at radius 2 is 1.35 bits per heavy atom. The standard InChI is InChI=1S/C34H31N3O6/c38-33(36-32(34(39)40)22-25-6-12-31(13-7-25)43-23-26-4-2-1-3-5-26)27-8-14-29(15-9-27)41-20-21-42-30-16-10-28(11-17-30)37-19-18-35-24-37/h1-19,24,32H,20-23H2,(H,36,38)(H,39,40)/t32-/m0/s1. The van der Waals surface area contributed by atoms with Crippen LogP contribution in [0.2, 0.25) is 0 Å². The van der Waals surface area contributed by atoms with Crippen molar-refractivity contribution in [1.29, 1.82) is 0 Å². The van der Waals surface area contributed by atoms with Gasteiger partial charge < -0.3 is 29.2 Å². The van der Waals surface area contributed by atoms with Crippen LogP contribution in [0.25, 0.3) is 5.69 Å². The number of nitrogens with one attached hydrogen (secondary N) is 1. The first kappa shape index (κ1) is 28.9. The second kappa shape index (κ2) is 14.4. The third-order valence-electron chi connectivity index (χ3n) is 6.59. The Bertz CT molecular complexity index is 1590. The Morgan fingerprint density at radius 3 is 1.95 bits per heavy atom. The highest BCUT2D eigenvalue weighted by molar-refractivity contribution is 5.96. The van der Waals surface area contributed by atoms with Gasteiger partial charge in [0.05, 0.1) is 6.33 Å². The second-order valence-corrected chi connectivity index (χ2v) is 9.67. The van der Waals surface area contributed by atoms with Crippen molar-refractivity contribution in [3.63, 3.8) is 0 Å². The molecule has 5 aromatic rings. The zero-order valence-corrected chi connectivity index (χ0v) is 23.3. The summed E-state index contributed by atoms with van der Waals surface area (Å²) in [6.07, 6.45) is 5.45. The summed E-state index contributed by atoms with van der Waals surface area (Å²) >= 11 is 0. The number of hydrogen-bond donors (Lipinski definition) is 2. The molecule has 4 aromatic carbocycles. The molecular formula is C34H31N3O6. The summed E-state index contributed by atoms with van der Waals surface area (Å²) in [6, 6.07) is 30.1. The van der Waals surface area contributed by atoms with Crippen LogP contribution in [-0.4, -0.2) is 45.8 Å². The SMILES string of the molecule is O=C(N[C@@H](Cc1ccc(OCc2ccccc2)cc1)C(=O)O)c1ccc(OCCOc2ccc(-n3ccnc3)cc2)cc1. The minimum atomic E-state index is -1.12. The van der Waals surface area contributed by atoms with Crippen LogP contribution in [0.4, 0.5) is 0 Å². The van der Waals surface area contributed by atoms with Crippen molar-refractivity contribution in [1.82, 2.24) is 14.9 Å². The molecule has 0 spiro atoms. The first-order valence-corrected chi connectivity index (χ1v) is 13.8. The molecule has 0 bridgehead atoms. The average molecular weight is 578 g/mol. The molecule has 1 amide bonds. The first-order valence-electron chi connectivity index (χ1n) is 13.8. The van der Waals surface area contributed by atoms with Gasteiger partial charge in [-0.15, -0.1) is 0 Å². The molecule has 9 nitrogen and oxygen atoms in total. The Labute approximate surface area is 249 Å². The van der Waals surface area contributed by atoms with Gasteiger partial charge in [0.1, 0.15) is 43.1 Å². The number of aromatic nitrogens is 2. The van der Waals surface area contributed by atoms with Crippen molar-refractivity contribution in [2.45, 2.75) is 19.1 Å². The fourth-order valence-electron chi connectivity index (χ4n) is 4.29. The number of carbonyl (C=O) groups is 2. The van der Waals surface area contributed by atoms with E-state index in [2.05, 4.69) is 10.3 Å². The molecule has 0 unspecified atom stereocenters. The van der Waals surface area contributed by atoms with Gasteiger partial charge in [-0.2, -0.15) is 0 Å². The maximum Gasteiger partial charge on any atom is 0.326 e. The molecule has 0 aliphatic heterocycles. The zero-order chi connectivity index (χ0) is 29.9. The first-order chi connectivity index (χ1) is 21.0. The monoisotopic (exact) mass is 577 g/mol. The number of carboxylic acid groups (broad SMARTS) is 1. The van der Waals surface area contributed by atoms with E-state index >= 15 is 0 Å². The summed E-state index contributed by atoms with van der Waals surface area (Å²) < 4.78 is 19.2. The Morgan fingerprint density at radius 1 is 0.744 bits per heavy atom. The third kappa shape index (κ3) is 8.46. The summed E-state index contributed by atoms with van der Waals surface area (Å²) in [7, 11) is 0. The van der Waals surface area contributed by atoms with Crippen molar-refractivity contribution in [2.75, 3.05) is 13.2 Å². The molecular weight excluding hydrogens is 546 g/mol. The average Bonchev–Trinajstić information content (AvgIpc) is 3.59. The van der Waals surface area contributed by atoms with Crippen LogP contribution in [-0.2, 0) is 17.8 Å². The molecule has 9 heteroatoms. The quantitative estimate of drug-likeness (QED) is 0.172. The molecule has 0 fully saturated rings. The number of nitrogens with zero attached hydrogens (tertiary/aromatic N) is 2. The van der Waals surface area contributed by atoms with Crippen LogP contribution < -0.4 is 19.5 Å². The highest BCUT2D eigenvalue weighted by atomic mass is 16.5. The summed E-state index contributed by atoms with van der Waals surface area (Å²) in [4.78, 5) is 28.7. The summed E-state index contributed by atoms with van der Waals surface area (Å²) in [5.41, 5.74) is 3.13. The lowest BCUT2D eigenvalue weighted by molar-refractivity contribution is -0.139. The van der Waals surface area contributed by atoms with E-state index in [1.54, 1.807) is 61.1 Å². The van der Waals surface area contributed by atoms with Gasteiger partial charge in [0.25, 0.3) is 5.91 Å². The summed E-state index contributed by atoms with van der Waals surface area (Å²) in [5, 5.41) is 12.3. The van der Waals surface area contributed by atoms with Gasteiger partial charge in [-0.05, 0) is 71.8 Å². The smallest absolute Gasteiger partial charge is 0.326 e. The Kier molecular flexibility index (Phi) is 9.67. The molecule has 1 heterocycles.